The second-order valence-electron chi connectivity index (χ2n) is 5.16. The van der Waals surface area contributed by atoms with Gasteiger partial charge in [-0.25, -0.2) is 0 Å². The third-order valence-electron chi connectivity index (χ3n) is 3.54. The van der Waals surface area contributed by atoms with Crippen molar-refractivity contribution < 1.29 is 4.79 Å². The van der Waals surface area contributed by atoms with Crippen LogP contribution in [-0.4, -0.2) is 19.0 Å². The topological polar surface area (TPSA) is 41.1 Å². The largest absolute Gasteiger partial charge is 0.375 e. The van der Waals surface area contributed by atoms with Gasteiger partial charge in [0.15, 0.2) is 0 Å². The minimum absolute atomic E-state index is 0.0394. The van der Waals surface area contributed by atoms with E-state index in [-0.39, 0.29) is 12.5 Å². The zero-order chi connectivity index (χ0) is 15.1. The van der Waals surface area contributed by atoms with Crippen LogP contribution < -0.4 is 10.6 Å². The van der Waals surface area contributed by atoms with Gasteiger partial charge in [-0.05, 0) is 44.2 Å². The van der Waals surface area contributed by atoms with Crippen LogP contribution in [0.1, 0.15) is 32.1 Å². The molecule has 0 saturated heterocycles. The summed E-state index contributed by atoms with van der Waals surface area (Å²) < 4.78 is 0. The van der Waals surface area contributed by atoms with Crippen molar-refractivity contribution >= 4 is 34.8 Å². The van der Waals surface area contributed by atoms with E-state index in [2.05, 4.69) is 16.7 Å². The number of carbonyl (C=O) groups excluding carboxylic acids is 1. The molecule has 0 spiro atoms. The number of nitrogens with one attached hydrogen (secondary N) is 2. The SMILES string of the molecule is O=C(CNc1cccc(Cl)c1Cl)NCCC1=CCCCC1. The highest BCUT2D eigenvalue weighted by molar-refractivity contribution is 6.43. The molecule has 0 unspecified atom stereocenters. The Morgan fingerprint density at radius 3 is 2.86 bits per heavy atom. The van der Waals surface area contributed by atoms with Crippen molar-refractivity contribution in [1.29, 1.82) is 0 Å². The molecule has 114 valence electrons. The van der Waals surface area contributed by atoms with Gasteiger partial charge in [0.05, 0.1) is 22.3 Å². The van der Waals surface area contributed by atoms with E-state index in [4.69, 9.17) is 23.2 Å². The summed E-state index contributed by atoms with van der Waals surface area (Å²) in [6, 6.07) is 5.31. The van der Waals surface area contributed by atoms with E-state index in [9.17, 15) is 4.79 Å². The van der Waals surface area contributed by atoms with Gasteiger partial charge in [0.25, 0.3) is 0 Å². The molecule has 1 aromatic carbocycles. The molecule has 0 radical (unpaired) electrons. The van der Waals surface area contributed by atoms with Gasteiger partial charge in [0.1, 0.15) is 0 Å². The van der Waals surface area contributed by atoms with E-state index in [0.717, 1.165) is 6.42 Å². The van der Waals surface area contributed by atoms with E-state index in [0.29, 0.717) is 22.3 Å². The van der Waals surface area contributed by atoms with Crippen molar-refractivity contribution in [2.24, 2.45) is 0 Å². The van der Waals surface area contributed by atoms with E-state index in [1.807, 2.05) is 0 Å². The lowest BCUT2D eigenvalue weighted by atomic mass is 9.97. The molecule has 21 heavy (non-hydrogen) atoms. The Morgan fingerprint density at radius 1 is 1.24 bits per heavy atom. The summed E-state index contributed by atoms with van der Waals surface area (Å²) in [7, 11) is 0. The van der Waals surface area contributed by atoms with Gasteiger partial charge in [-0.3, -0.25) is 4.79 Å². The predicted octanol–water partition coefficient (Wildman–Crippen LogP) is 4.41. The van der Waals surface area contributed by atoms with Crippen LogP contribution in [0, 0.1) is 0 Å². The first-order chi connectivity index (χ1) is 10.2. The normalized spacial score (nSPS) is 14.5. The van der Waals surface area contributed by atoms with Gasteiger partial charge in [-0.15, -0.1) is 0 Å². The number of anilines is 1. The van der Waals surface area contributed by atoms with Crippen LogP contribution in [0.5, 0.6) is 0 Å². The maximum Gasteiger partial charge on any atom is 0.239 e. The number of allylic oxidation sites excluding steroid dienone is 1. The second-order valence-corrected chi connectivity index (χ2v) is 5.95. The van der Waals surface area contributed by atoms with Gasteiger partial charge >= 0.3 is 0 Å². The van der Waals surface area contributed by atoms with Gasteiger partial charge in [-0.1, -0.05) is 40.9 Å². The summed E-state index contributed by atoms with van der Waals surface area (Å²) in [6.07, 6.45) is 8.17. The Balaban J connectivity index is 1.70. The first kappa shape index (κ1) is 16.2. The first-order valence-electron chi connectivity index (χ1n) is 7.29. The number of hydrogen-bond donors (Lipinski definition) is 2. The Labute approximate surface area is 135 Å². The number of rotatable bonds is 6. The molecule has 0 aliphatic heterocycles. The van der Waals surface area contributed by atoms with Crippen molar-refractivity contribution in [2.45, 2.75) is 32.1 Å². The Kier molecular flexibility index (Phi) is 6.40. The smallest absolute Gasteiger partial charge is 0.239 e. The van der Waals surface area contributed by atoms with Gasteiger partial charge < -0.3 is 10.6 Å². The fourth-order valence-electron chi connectivity index (χ4n) is 2.37. The van der Waals surface area contributed by atoms with Gasteiger partial charge in [0, 0.05) is 6.54 Å². The van der Waals surface area contributed by atoms with Gasteiger partial charge in [-0.2, -0.15) is 0 Å². The van der Waals surface area contributed by atoms with E-state index in [1.165, 1.54) is 31.3 Å². The molecule has 1 aromatic rings. The van der Waals surface area contributed by atoms with Crippen molar-refractivity contribution in [3.05, 3.63) is 39.9 Å². The van der Waals surface area contributed by atoms with Crippen molar-refractivity contribution in [2.75, 3.05) is 18.4 Å². The first-order valence-corrected chi connectivity index (χ1v) is 8.05. The fraction of sp³-hybridized carbons (Fsp3) is 0.438. The zero-order valence-electron chi connectivity index (χ0n) is 11.9. The van der Waals surface area contributed by atoms with Crippen molar-refractivity contribution in [1.82, 2.24) is 5.32 Å². The number of hydrogen-bond acceptors (Lipinski definition) is 2. The second kappa shape index (κ2) is 8.30. The molecule has 5 heteroatoms. The average Bonchev–Trinajstić information content (AvgIpc) is 2.50. The third-order valence-corrected chi connectivity index (χ3v) is 4.36. The summed E-state index contributed by atoms with van der Waals surface area (Å²) in [5.41, 5.74) is 2.14. The molecule has 0 aromatic heterocycles. The molecule has 1 aliphatic rings. The highest BCUT2D eigenvalue weighted by Crippen LogP contribution is 2.29. The highest BCUT2D eigenvalue weighted by Gasteiger charge is 2.07. The fourth-order valence-corrected chi connectivity index (χ4v) is 2.74. The molecule has 0 heterocycles. The lowest BCUT2D eigenvalue weighted by Gasteiger charge is -2.13. The molecule has 2 N–H and O–H groups in total. The Bertz CT molecular complexity index is 529. The van der Waals surface area contributed by atoms with Crippen LogP contribution in [0.15, 0.2) is 29.8 Å². The standard InChI is InChI=1S/C16H20Cl2N2O/c17-13-7-4-8-14(16(13)18)20-11-15(21)19-10-9-12-5-2-1-3-6-12/h4-5,7-8,20H,1-3,6,9-11H2,(H,19,21). The monoisotopic (exact) mass is 326 g/mol. The molecule has 1 aliphatic carbocycles. The number of carbonyl (C=O) groups is 1. The van der Waals surface area contributed by atoms with Crippen LogP contribution >= 0.6 is 23.2 Å². The Hall–Kier alpha value is -1.19. The van der Waals surface area contributed by atoms with Crippen LogP contribution in [0.3, 0.4) is 0 Å². The molecule has 1 amide bonds. The quantitative estimate of drug-likeness (QED) is 0.760. The minimum atomic E-state index is -0.0394. The van der Waals surface area contributed by atoms with Crippen LogP contribution in [0.2, 0.25) is 10.0 Å². The molecule has 0 fully saturated rings. The molecular weight excluding hydrogens is 307 g/mol. The van der Waals surface area contributed by atoms with E-state index < -0.39 is 0 Å². The van der Waals surface area contributed by atoms with E-state index in [1.54, 1.807) is 18.2 Å². The molecule has 0 atom stereocenters. The molecule has 3 nitrogen and oxygen atoms in total. The summed E-state index contributed by atoms with van der Waals surface area (Å²) in [6.45, 7) is 0.884. The summed E-state index contributed by atoms with van der Waals surface area (Å²) >= 11 is 12.0. The third kappa shape index (κ3) is 5.25. The molecule has 2 rings (SSSR count). The minimum Gasteiger partial charge on any atom is -0.375 e. The maximum absolute atomic E-state index is 11.8. The number of halogens is 2. The van der Waals surface area contributed by atoms with Crippen molar-refractivity contribution in [3.8, 4) is 0 Å². The number of benzene rings is 1. The van der Waals surface area contributed by atoms with E-state index >= 15 is 0 Å². The zero-order valence-corrected chi connectivity index (χ0v) is 13.4. The maximum atomic E-state index is 11.8. The summed E-state index contributed by atoms with van der Waals surface area (Å²) in [5, 5.41) is 6.84. The lowest BCUT2D eigenvalue weighted by molar-refractivity contribution is -0.119. The van der Waals surface area contributed by atoms with Crippen LogP contribution in [0.4, 0.5) is 5.69 Å². The number of amides is 1. The molecule has 0 saturated carbocycles. The molecular formula is C16H20Cl2N2O. The Morgan fingerprint density at radius 2 is 2.10 bits per heavy atom. The lowest BCUT2D eigenvalue weighted by Crippen LogP contribution is -2.30. The summed E-state index contributed by atoms with van der Waals surface area (Å²) in [5.74, 6) is -0.0394. The van der Waals surface area contributed by atoms with Gasteiger partial charge in [0.2, 0.25) is 5.91 Å². The molecule has 0 bridgehead atoms. The van der Waals surface area contributed by atoms with Crippen LogP contribution in [0.25, 0.3) is 0 Å². The van der Waals surface area contributed by atoms with Crippen molar-refractivity contribution in [3.63, 3.8) is 0 Å². The summed E-state index contributed by atoms with van der Waals surface area (Å²) in [4.78, 5) is 11.8. The predicted molar refractivity (Wildman–Crippen MR) is 89.1 cm³/mol. The van der Waals surface area contributed by atoms with Crippen LogP contribution in [-0.2, 0) is 4.79 Å². The highest BCUT2D eigenvalue weighted by atomic mass is 35.5. The average molecular weight is 327 g/mol.